The third kappa shape index (κ3) is 4.07. The number of halogens is 3. The van der Waals surface area contributed by atoms with Crippen LogP contribution >= 0.6 is 47.8 Å². The highest BCUT2D eigenvalue weighted by atomic mass is 79.9. The Hall–Kier alpha value is -0.320. The quantitative estimate of drug-likeness (QED) is 0.522. The molecule has 100 valence electrons. The molecule has 2 aromatic carbocycles. The van der Waals surface area contributed by atoms with Gasteiger partial charge in [0.2, 0.25) is 0 Å². The SMILES string of the molecule is Cc1cc(Br)cc(CBr)c1OCc1ccc(Br)cc1. The summed E-state index contributed by atoms with van der Waals surface area (Å²) in [6.07, 6.45) is 0. The molecule has 19 heavy (non-hydrogen) atoms. The van der Waals surface area contributed by atoms with Crippen LogP contribution in [0.25, 0.3) is 0 Å². The monoisotopic (exact) mass is 446 g/mol. The molecule has 0 spiro atoms. The van der Waals surface area contributed by atoms with Gasteiger partial charge in [-0.2, -0.15) is 0 Å². The van der Waals surface area contributed by atoms with Gasteiger partial charge in [-0.05, 0) is 42.3 Å². The molecule has 0 aliphatic rings. The number of aryl methyl sites for hydroxylation is 1. The van der Waals surface area contributed by atoms with Gasteiger partial charge in [0.1, 0.15) is 12.4 Å². The molecule has 0 amide bonds. The molecule has 4 heteroatoms. The molecule has 0 saturated carbocycles. The van der Waals surface area contributed by atoms with Gasteiger partial charge in [0, 0.05) is 19.8 Å². The summed E-state index contributed by atoms with van der Waals surface area (Å²) in [7, 11) is 0. The van der Waals surface area contributed by atoms with Crippen LogP contribution < -0.4 is 4.74 Å². The highest BCUT2D eigenvalue weighted by Gasteiger charge is 2.08. The van der Waals surface area contributed by atoms with Crippen molar-refractivity contribution in [1.82, 2.24) is 0 Å². The first-order valence-corrected chi connectivity index (χ1v) is 8.53. The fraction of sp³-hybridized carbons (Fsp3) is 0.200. The average molecular weight is 449 g/mol. The predicted molar refractivity (Wildman–Crippen MR) is 90.0 cm³/mol. The van der Waals surface area contributed by atoms with Gasteiger partial charge in [0.25, 0.3) is 0 Å². The molecule has 1 nitrogen and oxygen atoms in total. The number of ether oxygens (including phenoxy) is 1. The van der Waals surface area contributed by atoms with Crippen LogP contribution in [0.5, 0.6) is 5.75 Å². The van der Waals surface area contributed by atoms with Gasteiger partial charge in [-0.3, -0.25) is 0 Å². The third-order valence-electron chi connectivity index (χ3n) is 2.76. The molecule has 2 aromatic rings. The largest absolute Gasteiger partial charge is 0.488 e. The van der Waals surface area contributed by atoms with Crippen LogP contribution in [-0.4, -0.2) is 0 Å². The summed E-state index contributed by atoms with van der Waals surface area (Å²) in [6, 6.07) is 12.3. The van der Waals surface area contributed by atoms with E-state index in [9.17, 15) is 0 Å². The van der Waals surface area contributed by atoms with E-state index in [0.717, 1.165) is 36.7 Å². The Balaban J connectivity index is 2.17. The Morgan fingerprint density at radius 2 is 1.68 bits per heavy atom. The van der Waals surface area contributed by atoms with E-state index in [1.54, 1.807) is 0 Å². The molecule has 0 bridgehead atoms. The van der Waals surface area contributed by atoms with Gasteiger partial charge >= 0.3 is 0 Å². The van der Waals surface area contributed by atoms with Crippen molar-refractivity contribution in [2.24, 2.45) is 0 Å². The van der Waals surface area contributed by atoms with Gasteiger partial charge in [-0.1, -0.05) is 59.9 Å². The van der Waals surface area contributed by atoms with Crippen LogP contribution in [0.1, 0.15) is 16.7 Å². The first-order valence-electron chi connectivity index (χ1n) is 5.82. The standard InChI is InChI=1S/C15H13Br3O/c1-10-6-14(18)7-12(8-16)15(10)19-9-11-2-4-13(17)5-3-11/h2-7H,8-9H2,1H3. The van der Waals surface area contributed by atoms with E-state index < -0.39 is 0 Å². The summed E-state index contributed by atoms with van der Waals surface area (Å²) in [5.41, 5.74) is 3.45. The summed E-state index contributed by atoms with van der Waals surface area (Å²) < 4.78 is 8.13. The van der Waals surface area contributed by atoms with Crippen molar-refractivity contribution in [1.29, 1.82) is 0 Å². The second-order valence-corrected chi connectivity index (χ2v) is 6.65. The predicted octanol–water partition coefficient (Wildman–Crippen LogP) is 5.99. The summed E-state index contributed by atoms with van der Waals surface area (Å²) >= 11 is 10.4. The van der Waals surface area contributed by atoms with Crippen molar-refractivity contribution in [2.75, 3.05) is 0 Å². The lowest BCUT2D eigenvalue weighted by atomic mass is 10.1. The zero-order valence-electron chi connectivity index (χ0n) is 10.4. The van der Waals surface area contributed by atoms with Crippen molar-refractivity contribution in [3.63, 3.8) is 0 Å². The number of rotatable bonds is 4. The van der Waals surface area contributed by atoms with E-state index in [2.05, 4.69) is 79.0 Å². The number of benzene rings is 2. The molecule has 0 unspecified atom stereocenters. The van der Waals surface area contributed by atoms with Crippen molar-refractivity contribution in [2.45, 2.75) is 18.9 Å². The molecule has 0 fully saturated rings. The Morgan fingerprint density at radius 3 is 2.32 bits per heavy atom. The van der Waals surface area contributed by atoms with Crippen LogP contribution in [0, 0.1) is 6.92 Å². The average Bonchev–Trinajstić information content (AvgIpc) is 2.39. The van der Waals surface area contributed by atoms with Crippen molar-refractivity contribution in [3.8, 4) is 5.75 Å². The summed E-state index contributed by atoms with van der Waals surface area (Å²) in [6.45, 7) is 2.64. The lowest BCUT2D eigenvalue weighted by molar-refractivity contribution is 0.301. The zero-order chi connectivity index (χ0) is 13.8. The lowest BCUT2D eigenvalue weighted by Crippen LogP contribution is -2.00. The molecule has 0 aliphatic heterocycles. The highest BCUT2D eigenvalue weighted by molar-refractivity contribution is 9.10. The van der Waals surface area contributed by atoms with Gasteiger partial charge in [-0.15, -0.1) is 0 Å². The lowest BCUT2D eigenvalue weighted by Gasteiger charge is -2.14. The molecular formula is C15H13Br3O. The normalized spacial score (nSPS) is 10.5. The third-order valence-corrected chi connectivity index (χ3v) is 4.35. The topological polar surface area (TPSA) is 9.23 Å². The minimum absolute atomic E-state index is 0.579. The molecule has 0 aromatic heterocycles. The second-order valence-electron chi connectivity index (χ2n) is 4.26. The first-order chi connectivity index (χ1) is 9.10. The fourth-order valence-corrected chi connectivity index (χ4v) is 3.14. The minimum atomic E-state index is 0.579. The number of hydrogen-bond acceptors (Lipinski definition) is 1. The maximum atomic E-state index is 5.97. The molecule has 0 N–H and O–H groups in total. The summed E-state index contributed by atoms with van der Waals surface area (Å²) in [5, 5.41) is 0.781. The Bertz CT molecular complexity index is 564. The molecule has 0 saturated heterocycles. The van der Waals surface area contributed by atoms with E-state index in [1.165, 1.54) is 0 Å². The maximum absolute atomic E-state index is 5.97. The van der Waals surface area contributed by atoms with E-state index in [0.29, 0.717) is 6.61 Å². The van der Waals surface area contributed by atoms with Crippen molar-refractivity contribution < 1.29 is 4.74 Å². The molecular weight excluding hydrogens is 436 g/mol. The van der Waals surface area contributed by atoms with E-state index in [1.807, 2.05) is 12.1 Å². The van der Waals surface area contributed by atoms with E-state index >= 15 is 0 Å². The van der Waals surface area contributed by atoms with Crippen LogP contribution in [0.15, 0.2) is 45.3 Å². The van der Waals surface area contributed by atoms with Gasteiger partial charge < -0.3 is 4.74 Å². The van der Waals surface area contributed by atoms with Crippen LogP contribution in [0.3, 0.4) is 0 Å². The molecule has 2 rings (SSSR count). The Labute approximate surface area is 138 Å². The van der Waals surface area contributed by atoms with Gasteiger partial charge in [0.15, 0.2) is 0 Å². The Morgan fingerprint density at radius 1 is 1.00 bits per heavy atom. The zero-order valence-corrected chi connectivity index (χ0v) is 15.2. The molecule has 0 radical (unpaired) electrons. The minimum Gasteiger partial charge on any atom is -0.488 e. The smallest absolute Gasteiger partial charge is 0.126 e. The maximum Gasteiger partial charge on any atom is 0.126 e. The summed E-state index contributed by atoms with van der Waals surface area (Å²) in [4.78, 5) is 0. The van der Waals surface area contributed by atoms with Crippen LogP contribution in [0.2, 0.25) is 0 Å². The van der Waals surface area contributed by atoms with E-state index in [4.69, 9.17) is 4.74 Å². The first kappa shape index (κ1) is 15.1. The summed E-state index contributed by atoms with van der Waals surface area (Å²) in [5.74, 6) is 0.961. The Kier molecular flexibility index (Phi) is 5.48. The highest BCUT2D eigenvalue weighted by Crippen LogP contribution is 2.30. The van der Waals surface area contributed by atoms with E-state index in [-0.39, 0.29) is 0 Å². The second kappa shape index (κ2) is 6.91. The van der Waals surface area contributed by atoms with Crippen molar-refractivity contribution in [3.05, 3.63) is 62.0 Å². The van der Waals surface area contributed by atoms with Crippen LogP contribution in [0.4, 0.5) is 0 Å². The molecule has 0 heterocycles. The van der Waals surface area contributed by atoms with Gasteiger partial charge in [-0.25, -0.2) is 0 Å². The van der Waals surface area contributed by atoms with Crippen molar-refractivity contribution >= 4 is 47.8 Å². The number of alkyl halides is 1. The molecule has 0 atom stereocenters. The van der Waals surface area contributed by atoms with Gasteiger partial charge in [0.05, 0.1) is 0 Å². The van der Waals surface area contributed by atoms with Crippen LogP contribution in [-0.2, 0) is 11.9 Å². The molecule has 0 aliphatic carbocycles. The number of hydrogen-bond donors (Lipinski definition) is 0. The fourth-order valence-electron chi connectivity index (χ4n) is 1.84.